The third kappa shape index (κ3) is 1.94. The molecule has 0 unspecified atom stereocenters. The Balaban J connectivity index is 3.27. The lowest BCUT2D eigenvalue weighted by atomic mass is 10.2. The average molecular weight is 253 g/mol. The van der Waals surface area contributed by atoms with Crippen molar-refractivity contribution in [1.82, 2.24) is 4.98 Å². The summed E-state index contributed by atoms with van der Waals surface area (Å²) in [5, 5.41) is 8.81. The van der Waals surface area contributed by atoms with Gasteiger partial charge in [0.15, 0.2) is 0 Å². The van der Waals surface area contributed by atoms with Crippen molar-refractivity contribution < 1.29 is 13.9 Å². The maximum atomic E-state index is 12.3. The van der Waals surface area contributed by atoms with Crippen LogP contribution in [0, 0.1) is 0 Å². The Morgan fingerprint density at radius 2 is 2.23 bits per heavy atom. The largest absolute Gasteiger partial charge is 0.391 e. The maximum Gasteiger partial charge on any atom is 0.266 e. The SMILES string of the molecule is Nc1ncc(C(F)F)c(Br)c1CO. The summed E-state index contributed by atoms with van der Waals surface area (Å²) in [7, 11) is 0. The summed E-state index contributed by atoms with van der Waals surface area (Å²) in [4.78, 5) is 3.54. The second kappa shape index (κ2) is 3.97. The lowest BCUT2D eigenvalue weighted by Crippen LogP contribution is -2.02. The lowest BCUT2D eigenvalue weighted by Gasteiger charge is -2.08. The molecule has 3 N–H and O–H groups in total. The Labute approximate surface area is 81.7 Å². The first-order chi connectivity index (χ1) is 6.07. The Morgan fingerprint density at radius 3 is 2.69 bits per heavy atom. The van der Waals surface area contributed by atoms with Crippen molar-refractivity contribution in [3.05, 3.63) is 21.8 Å². The van der Waals surface area contributed by atoms with E-state index in [0.29, 0.717) is 0 Å². The number of aliphatic hydroxyl groups is 1. The molecule has 3 nitrogen and oxygen atoms in total. The van der Waals surface area contributed by atoms with Gasteiger partial charge in [0, 0.05) is 16.2 Å². The number of anilines is 1. The monoisotopic (exact) mass is 252 g/mol. The van der Waals surface area contributed by atoms with Crippen molar-refractivity contribution in [3.8, 4) is 0 Å². The Hall–Kier alpha value is -0.750. The molecule has 0 aliphatic carbocycles. The summed E-state index contributed by atoms with van der Waals surface area (Å²) in [5.74, 6) is 0.0544. The van der Waals surface area contributed by atoms with Gasteiger partial charge in [-0.2, -0.15) is 0 Å². The fourth-order valence-corrected chi connectivity index (χ4v) is 1.47. The Bertz CT molecular complexity index is 320. The standard InChI is InChI=1S/C7H7BrF2N2O/c8-5-3(6(9)10)1-12-7(11)4(5)2-13/h1,6,13H,2H2,(H2,11,12). The predicted molar refractivity (Wildman–Crippen MR) is 47.2 cm³/mol. The fourth-order valence-electron chi connectivity index (χ4n) is 0.863. The summed E-state index contributed by atoms with van der Waals surface area (Å²) >= 11 is 2.93. The van der Waals surface area contributed by atoms with Gasteiger partial charge in [-0.3, -0.25) is 0 Å². The van der Waals surface area contributed by atoms with Gasteiger partial charge in [0.05, 0.1) is 12.2 Å². The highest BCUT2D eigenvalue weighted by Gasteiger charge is 2.16. The molecule has 72 valence electrons. The van der Waals surface area contributed by atoms with Gasteiger partial charge in [0.1, 0.15) is 5.82 Å². The third-order valence-electron chi connectivity index (χ3n) is 1.56. The van der Waals surface area contributed by atoms with Crippen LogP contribution >= 0.6 is 15.9 Å². The van der Waals surface area contributed by atoms with E-state index >= 15 is 0 Å². The van der Waals surface area contributed by atoms with E-state index in [2.05, 4.69) is 20.9 Å². The summed E-state index contributed by atoms with van der Waals surface area (Å²) in [6.07, 6.45) is -1.64. The molecule has 0 spiro atoms. The van der Waals surface area contributed by atoms with Gasteiger partial charge >= 0.3 is 0 Å². The topological polar surface area (TPSA) is 59.1 Å². The molecule has 0 saturated heterocycles. The number of nitrogens with zero attached hydrogens (tertiary/aromatic N) is 1. The van der Waals surface area contributed by atoms with E-state index in [9.17, 15) is 8.78 Å². The number of nitrogens with two attached hydrogens (primary N) is 1. The molecule has 0 atom stereocenters. The number of rotatable bonds is 2. The van der Waals surface area contributed by atoms with Crippen LogP contribution < -0.4 is 5.73 Å². The van der Waals surface area contributed by atoms with Gasteiger partial charge in [0.2, 0.25) is 0 Å². The van der Waals surface area contributed by atoms with Crippen molar-refractivity contribution in [3.63, 3.8) is 0 Å². The van der Waals surface area contributed by atoms with Crippen molar-refractivity contribution in [2.45, 2.75) is 13.0 Å². The second-order valence-corrected chi connectivity index (χ2v) is 3.14. The third-order valence-corrected chi connectivity index (χ3v) is 2.50. The first-order valence-corrected chi connectivity index (χ1v) is 4.19. The summed E-state index contributed by atoms with van der Waals surface area (Å²) < 4.78 is 24.7. The van der Waals surface area contributed by atoms with Crippen LogP contribution in [-0.2, 0) is 6.61 Å². The predicted octanol–water partition coefficient (Wildman–Crippen LogP) is 1.86. The molecule has 0 aromatic carbocycles. The van der Waals surface area contributed by atoms with E-state index in [1.807, 2.05) is 0 Å². The van der Waals surface area contributed by atoms with E-state index in [0.717, 1.165) is 6.20 Å². The molecule has 13 heavy (non-hydrogen) atoms. The zero-order valence-corrected chi connectivity index (χ0v) is 8.05. The second-order valence-electron chi connectivity index (χ2n) is 2.35. The van der Waals surface area contributed by atoms with Crippen LogP contribution in [0.1, 0.15) is 17.6 Å². The van der Waals surface area contributed by atoms with Crippen molar-refractivity contribution in [1.29, 1.82) is 0 Å². The average Bonchev–Trinajstić information content (AvgIpc) is 2.04. The normalized spacial score (nSPS) is 10.8. The van der Waals surface area contributed by atoms with Crippen LogP contribution in [0.3, 0.4) is 0 Å². The van der Waals surface area contributed by atoms with Gasteiger partial charge in [0.25, 0.3) is 6.43 Å². The van der Waals surface area contributed by atoms with Gasteiger partial charge < -0.3 is 10.8 Å². The molecule has 1 heterocycles. The smallest absolute Gasteiger partial charge is 0.266 e. The van der Waals surface area contributed by atoms with Crippen LogP contribution in [0.15, 0.2) is 10.7 Å². The van der Waals surface area contributed by atoms with Crippen LogP contribution in [0.5, 0.6) is 0 Å². The molecular weight excluding hydrogens is 246 g/mol. The fraction of sp³-hybridized carbons (Fsp3) is 0.286. The van der Waals surface area contributed by atoms with Crippen LogP contribution in [0.2, 0.25) is 0 Å². The minimum atomic E-state index is -2.63. The number of pyridine rings is 1. The molecule has 0 radical (unpaired) electrons. The number of hydrogen-bond donors (Lipinski definition) is 2. The van der Waals surface area contributed by atoms with Crippen molar-refractivity contribution in [2.75, 3.05) is 5.73 Å². The minimum Gasteiger partial charge on any atom is -0.391 e. The van der Waals surface area contributed by atoms with Gasteiger partial charge in [-0.15, -0.1) is 0 Å². The highest BCUT2D eigenvalue weighted by atomic mass is 79.9. The van der Waals surface area contributed by atoms with Crippen LogP contribution in [0.4, 0.5) is 14.6 Å². The minimum absolute atomic E-state index is 0.0544. The van der Waals surface area contributed by atoms with Crippen LogP contribution in [0.25, 0.3) is 0 Å². The van der Waals surface area contributed by atoms with Crippen LogP contribution in [-0.4, -0.2) is 10.1 Å². The molecular formula is C7H7BrF2N2O. The highest BCUT2D eigenvalue weighted by Crippen LogP contribution is 2.31. The molecule has 1 rings (SSSR count). The van der Waals surface area contributed by atoms with Crippen molar-refractivity contribution in [2.24, 2.45) is 0 Å². The zero-order valence-electron chi connectivity index (χ0n) is 6.47. The number of nitrogen functional groups attached to an aromatic ring is 1. The number of aliphatic hydroxyl groups excluding tert-OH is 1. The molecule has 0 fully saturated rings. The van der Waals surface area contributed by atoms with E-state index in [4.69, 9.17) is 10.8 Å². The number of halogens is 3. The Morgan fingerprint density at radius 1 is 1.62 bits per heavy atom. The van der Waals surface area contributed by atoms with Gasteiger partial charge in [-0.25, -0.2) is 13.8 Å². The van der Waals surface area contributed by atoms with E-state index in [-0.39, 0.29) is 21.4 Å². The molecule has 6 heteroatoms. The highest BCUT2D eigenvalue weighted by molar-refractivity contribution is 9.10. The maximum absolute atomic E-state index is 12.3. The van der Waals surface area contributed by atoms with Gasteiger partial charge in [-0.05, 0) is 15.9 Å². The molecule has 1 aromatic rings. The summed E-state index contributed by atoms with van der Waals surface area (Å²) in [6, 6.07) is 0. The zero-order chi connectivity index (χ0) is 10.0. The quantitative estimate of drug-likeness (QED) is 0.845. The van der Waals surface area contributed by atoms with Gasteiger partial charge in [-0.1, -0.05) is 0 Å². The lowest BCUT2D eigenvalue weighted by molar-refractivity contribution is 0.149. The summed E-state index contributed by atoms with van der Waals surface area (Å²) in [5.41, 5.74) is 5.28. The molecule has 1 aromatic heterocycles. The Kier molecular flexibility index (Phi) is 3.16. The molecule has 0 saturated carbocycles. The molecule has 0 bridgehead atoms. The number of aromatic nitrogens is 1. The molecule has 0 amide bonds. The number of hydrogen-bond acceptors (Lipinski definition) is 3. The first-order valence-electron chi connectivity index (χ1n) is 3.39. The van der Waals surface area contributed by atoms with Crippen molar-refractivity contribution >= 4 is 21.7 Å². The summed E-state index contributed by atoms with van der Waals surface area (Å²) in [6.45, 7) is -0.417. The van der Waals surface area contributed by atoms with E-state index in [1.165, 1.54) is 0 Å². The number of alkyl halides is 2. The van der Waals surface area contributed by atoms with E-state index in [1.54, 1.807) is 0 Å². The first kappa shape index (κ1) is 10.3. The van der Waals surface area contributed by atoms with E-state index < -0.39 is 13.0 Å². The molecule has 0 aliphatic rings. The molecule has 0 aliphatic heterocycles.